The van der Waals surface area contributed by atoms with Crippen molar-refractivity contribution in [3.63, 3.8) is 0 Å². The third kappa shape index (κ3) is 5.31. The lowest BCUT2D eigenvalue weighted by molar-refractivity contribution is 0.249. The molecule has 4 nitrogen and oxygen atoms in total. The Kier molecular flexibility index (Phi) is 7.20. The molecule has 0 fully saturated rings. The van der Waals surface area contributed by atoms with Crippen molar-refractivity contribution >= 4 is 11.7 Å². The first kappa shape index (κ1) is 16.0. The zero-order valence-corrected chi connectivity index (χ0v) is 12.3. The number of nitriles is 1. The van der Waals surface area contributed by atoms with Gasteiger partial charge in [-0.05, 0) is 24.5 Å². The molecular weight excluding hydrogens is 250 g/mol. The molecule has 0 aromatic heterocycles. The van der Waals surface area contributed by atoms with Crippen molar-refractivity contribution in [1.82, 2.24) is 5.32 Å². The Hall–Kier alpha value is -2.02. The topological polar surface area (TPSA) is 64.9 Å². The van der Waals surface area contributed by atoms with Crippen LogP contribution in [-0.2, 0) is 0 Å². The van der Waals surface area contributed by atoms with Gasteiger partial charge < -0.3 is 10.6 Å². The number of carbonyl (C=O) groups excluding carboxylic acids is 1. The van der Waals surface area contributed by atoms with Crippen LogP contribution in [0.2, 0.25) is 0 Å². The molecule has 0 spiro atoms. The molecule has 1 rings (SSSR count). The summed E-state index contributed by atoms with van der Waals surface area (Å²) in [5, 5.41) is 14.6. The lowest BCUT2D eigenvalue weighted by Crippen LogP contribution is -2.33. The van der Waals surface area contributed by atoms with Crippen LogP contribution in [0.5, 0.6) is 0 Å². The second-order valence-corrected chi connectivity index (χ2v) is 4.91. The van der Waals surface area contributed by atoms with Gasteiger partial charge in [-0.2, -0.15) is 5.26 Å². The van der Waals surface area contributed by atoms with Gasteiger partial charge in [-0.3, -0.25) is 0 Å². The van der Waals surface area contributed by atoms with Crippen LogP contribution in [0.3, 0.4) is 0 Å². The smallest absolute Gasteiger partial charge is 0.319 e. The monoisotopic (exact) mass is 273 g/mol. The summed E-state index contributed by atoms with van der Waals surface area (Å²) in [6.07, 6.45) is 4.58. The van der Waals surface area contributed by atoms with E-state index >= 15 is 0 Å². The van der Waals surface area contributed by atoms with Crippen molar-refractivity contribution in [3.05, 3.63) is 29.8 Å². The Morgan fingerprint density at radius 1 is 1.35 bits per heavy atom. The number of nitrogens with one attached hydrogen (secondary N) is 2. The molecule has 0 heterocycles. The maximum Gasteiger partial charge on any atom is 0.319 e. The highest BCUT2D eigenvalue weighted by molar-refractivity contribution is 5.90. The van der Waals surface area contributed by atoms with E-state index in [1.54, 1.807) is 24.3 Å². The van der Waals surface area contributed by atoms with Crippen LogP contribution in [-0.4, -0.2) is 12.6 Å². The van der Waals surface area contributed by atoms with E-state index in [1.165, 1.54) is 12.8 Å². The molecule has 1 aromatic carbocycles. The largest absolute Gasteiger partial charge is 0.338 e. The zero-order chi connectivity index (χ0) is 14.8. The fourth-order valence-corrected chi connectivity index (χ4v) is 2.04. The van der Waals surface area contributed by atoms with Crippen molar-refractivity contribution in [1.29, 1.82) is 5.26 Å². The number of hydrogen-bond acceptors (Lipinski definition) is 2. The quantitative estimate of drug-likeness (QED) is 0.791. The molecule has 0 saturated carbocycles. The number of unbranched alkanes of at least 4 members (excludes halogenated alkanes) is 1. The summed E-state index contributed by atoms with van der Waals surface area (Å²) in [7, 11) is 0. The summed E-state index contributed by atoms with van der Waals surface area (Å²) in [4.78, 5) is 11.8. The Bertz CT molecular complexity index is 465. The van der Waals surface area contributed by atoms with Crippen molar-refractivity contribution in [2.75, 3.05) is 11.9 Å². The molecule has 2 N–H and O–H groups in total. The second-order valence-electron chi connectivity index (χ2n) is 4.91. The summed E-state index contributed by atoms with van der Waals surface area (Å²) < 4.78 is 0. The minimum atomic E-state index is -0.248. The van der Waals surface area contributed by atoms with Crippen LogP contribution in [0.15, 0.2) is 24.3 Å². The van der Waals surface area contributed by atoms with E-state index in [0.717, 1.165) is 12.8 Å². The predicted molar refractivity (Wildman–Crippen MR) is 81.5 cm³/mol. The molecule has 0 radical (unpaired) electrons. The average molecular weight is 273 g/mol. The zero-order valence-electron chi connectivity index (χ0n) is 12.3. The van der Waals surface area contributed by atoms with Gasteiger partial charge in [0.05, 0.1) is 11.3 Å². The fourth-order valence-electron chi connectivity index (χ4n) is 2.04. The van der Waals surface area contributed by atoms with Crippen molar-refractivity contribution in [3.8, 4) is 6.07 Å². The molecular formula is C16H23N3O. The Balaban J connectivity index is 2.45. The summed E-state index contributed by atoms with van der Waals surface area (Å²) in [6.45, 7) is 4.99. The number of anilines is 1. The van der Waals surface area contributed by atoms with Crippen LogP contribution in [0, 0.1) is 17.2 Å². The van der Waals surface area contributed by atoms with Crippen LogP contribution in [0.4, 0.5) is 10.5 Å². The summed E-state index contributed by atoms with van der Waals surface area (Å²) >= 11 is 0. The van der Waals surface area contributed by atoms with Gasteiger partial charge in [-0.15, -0.1) is 0 Å². The van der Waals surface area contributed by atoms with E-state index in [4.69, 9.17) is 5.26 Å². The number of amides is 2. The van der Waals surface area contributed by atoms with Crippen molar-refractivity contribution in [2.45, 2.75) is 39.5 Å². The lowest BCUT2D eigenvalue weighted by atomic mass is 9.99. The van der Waals surface area contributed by atoms with E-state index in [0.29, 0.717) is 23.7 Å². The molecule has 0 aliphatic heterocycles. The number of carbonyl (C=O) groups is 1. The number of nitrogens with zero attached hydrogens (tertiary/aromatic N) is 1. The minimum absolute atomic E-state index is 0.248. The van der Waals surface area contributed by atoms with Crippen LogP contribution in [0.1, 0.15) is 45.1 Å². The highest BCUT2D eigenvalue weighted by Gasteiger charge is 2.09. The SMILES string of the molecule is CCCCC(CC)CNC(=O)Nc1ccccc1C#N. The number of benzene rings is 1. The predicted octanol–water partition coefficient (Wildman–Crippen LogP) is 3.90. The standard InChI is InChI=1S/C16H23N3O/c1-3-5-8-13(4-2)12-18-16(20)19-15-10-7-6-9-14(15)11-17/h6-7,9-10,13H,3-5,8,12H2,1-2H3,(H2,18,19,20). The molecule has 1 aromatic rings. The maximum atomic E-state index is 11.8. The van der Waals surface area contributed by atoms with E-state index in [9.17, 15) is 4.79 Å². The first-order valence-electron chi connectivity index (χ1n) is 7.25. The Labute approximate surface area is 121 Å². The highest BCUT2D eigenvalue weighted by atomic mass is 16.2. The molecule has 0 bridgehead atoms. The van der Waals surface area contributed by atoms with Gasteiger partial charge in [0.1, 0.15) is 6.07 Å². The number of rotatable bonds is 7. The Morgan fingerprint density at radius 3 is 2.75 bits per heavy atom. The van der Waals surface area contributed by atoms with Crippen LogP contribution in [0.25, 0.3) is 0 Å². The van der Waals surface area contributed by atoms with Crippen LogP contribution >= 0.6 is 0 Å². The van der Waals surface area contributed by atoms with Gasteiger partial charge in [-0.25, -0.2) is 4.79 Å². The molecule has 1 atom stereocenters. The third-order valence-electron chi connectivity index (χ3n) is 3.39. The van der Waals surface area contributed by atoms with Gasteiger partial charge in [-0.1, -0.05) is 45.2 Å². The molecule has 108 valence electrons. The van der Waals surface area contributed by atoms with Gasteiger partial charge >= 0.3 is 6.03 Å². The molecule has 0 aliphatic rings. The molecule has 1 unspecified atom stereocenters. The molecule has 20 heavy (non-hydrogen) atoms. The van der Waals surface area contributed by atoms with E-state index < -0.39 is 0 Å². The normalized spacial score (nSPS) is 11.4. The summed E-state index contributed by atoms with van der Waals surface area (Å²) in [5.41, 5.74) is 1.02. The van der Waals surface area contributed by atoms with Crippen molar-refractivity contribution in [2.24, 2.45) is 5.92 Å². The van der Waals surface area contributed by atoms with Gasteiger partial charge in [0, 0.05) is 6.54 Å². The van der Waals surface area contributed by atoms with E-state index in [1.807, 2.05) is 0 Å². The number of para-hydroxylation sites is 1. The first-order chi connectivity index (χ1) is 9.71. The third-order valence-corrected chi connectivity index (χ3v) is 3.39. The van der Waals surface area contributed by atoms with Crippen molar-refractivity contribution < 1.29 is 4.79 Å². The van der Waals surface area contributed by atoms with E-state index in [-0.39, 0.29) is 6.03 Å². The maximum absolute atomic E-state index is 11.8. The van der Waals surface area contributed by atoms with Gasteiger partial charge in [0.25, 0.3) is 0 Å². The average Bonchev–Trinajstić information content (AvgIpc) is 2.48. The van der Waals surface area contributed by atoms with E-state index in [2.05, 4.69) is 30.6 Å². The van der Waals surface area contributed by atoms with Crippen LogP contribution < -0.4 is 10.6 Å². The molecule has 4 heteroatoms. The molecule has 0 saturated heterocycles. The minimum Gasteiger partial charge on any atom is -0.338 e. The van der Waals surface area contributed by atoms with Gasteiger partial charge in [0.15, 0.2) is 0 Å². The second kappa shape index (κ2) is 8.98. The lowest BCUT2D eigenvalue weighted by Gasteiger charge is -2.16. The Morgan fingerprint density at radius 2 is 2.10 bits per heavy atom. The molecule has 0 aliphatic carbocycles. The highest BCUT2D eigenvalue weighted by Crippen LogP contribution is 2.14. The fraction of sp³-hybridized carbons (Fsp3) is 0.500. The molecule has 2 amide bonds. The summed E-state index contributed by atoms with van der Waals surface area (Å²) in [5.74, 6) is 0.520. The summed E-state index contributed by atoms with van der Waals surface area (Å²) in [6, 6.07) is 8.81. The first-order valence-corrected chi connectivity index (χ1v) is 7.25. The van der Waals surface area contributed by atoms with Gasteiger partial charge in [0.2, 0.25) is 0 Å². The number of hydrogen-bond donors (Lipinski definition) is 2. The number of urea groups is 1.